The van der Waals surface area contributed by atoms with Crippen molar-refractivity contribution in [3.05, 3.63) is 0 Å². The van der Waals surface area contributed by atoms with Crippen molar-refractivity contribution >= 4 is 17.4 Å². The highest BCUT2D eigenvalue weighted by Crippen LogP contribution is 2.11. The lowest BCUT2D eigenvalue weighted by atomic mass is 10.5. The Morgan fingerprint density at radius 3 is 2.00 bits per heavy atom. The van der Waals surface area contributed by atoms with Gasteiger partial charge in [0.15, 0.2) is 0 Å². The molecule has 0 aromatic carbocycles. The van der Waals surface area contributed by atoms with Gasteiger partial charge in [-0.25, -0.2) is 0 Å². The zero-order chi connectivity index (χ0) is 13.7. The summed E-state index contributed by atoms with van der Waals surface area (Å²) in [5.74, 6) is 0. The first kappa shape index (κ1) is 18.2. The van der Waals surface area contributed by atoms with Crippen LogP contribution in [0.3, 0.4) is 0 Å². The number of nitrogens with one attached hydrogen (secondary N) is 1. The first-order valence-corrected chi connectivity index (χ1v) is 12.1. The minimum absolute atomic E-state index is 0.448. The Labute approximate surface area is 115 Å². The van der Waals surface area contributed by atoms with Crippen molar-refractivity contribution in [2.75, 3.05) is 39.5 Å². The Kier molecular flexibility index (Phi) is 12.4. The minimum atomic E-state index is -2.28. The van der Waals surface area contributed by atoms with E-state index in [9.17, 15) is 0 Å². The van der Waals surface area contributed by atoms with Gasteiger partial charge in [-0.1, -0.05) is 6.04 Å². The molecular weight excluding hydrogens is 264 g/mol. The molecule has 0 aromatic heterocycles. The largest absolute Gasteiger partial charge is 0.462 e. The predicted molar refractivity (Wildman–Crippen MR) is 80.5 cm³/mol. The van der Waals surface area contributed by atoms with Gasteiger partial charge < -0.3 is 24.3 Å². The molecule has 7 heteroatoms. The van der Waals surface area contributed by atoms with E-state index >= 15 is 0 Å². The maximum Gasteiger partial charge on any atom is 0.462 e. The summed E-state index contributed by atoms with van der Waals surface area (Å²) in [6.45, 7) is 10.7. The van der Waals surface area contributed by atoms with Crippen LogP contribution in [-0.4, -0.2) is 56.8 Å². The van der Waals surface area contributed by atoms with E-state index in [0.29, 0.717) is 26.4 Å². The van der Waals surface area contributed by atoms with Gasteiger partial charge >= 0.3 is 8.32 Å². The minimum Gasteiger partial charge on any atom is -0.377 e. The molecule has 0 saturated heterocycles. The Hall–Kier alpha value is 0.234. The van der Waals surface area contributed by atoms with E-state index in [1.54, 1.807) is 0 Å². The molecule has 0 radical (unpaired) electrons. The van der Waals surface area contributed by atoms with E-state index in [1.807, 2.05) is 20.8 Å². The monoisotopic (exact) mass is 294 g/mol. The Balaban J connectivity index is 3.97. The first-order valence-electron chi connectivity index (χ1n) is 7.07. The molecule has 0 amide bonds. The average molecular weight is 295 g/mol. The van der Waals surface area contributed by atoms with Crippen molar-refractivity contribution in [3.8, 4) is 0 Å². The third-order valence-corrected chi connectivity index (χ3v) is 10.9. The van der Waals surface area contributed by atoms with Crippen LogP contribution in [0.25, 0.3) is 0 Å². The van der Waals surface area contributed by atoms with Crippen LogP contribution in [0.1, 0.15) is 27.2 Å². The second-order valence-corrected chi connectivity index (χ2v) is 11.5. The number of hydrogen-bond donors (Lipinski definition) is 2. The maximum absolute atomic E-state index is 5.85. The van der Waals surface area contributed by atoms with Crippen molar-refractivity contribution in [2.45, 2.75) is 33.2 Å². The molecule has 0 aromatic rings. The normalized spacial score (nSPS) is 12.7. The fourth-order valence-electron chi connectivity index (χ4n) is 1.82. The molecule has 0 spiro atoms. The summed E-state index contributed by atoms with van der Waals surface area (Å²) in [7, 11) is -2.73. The van der Waals surface area contributed by atoms with Gasteiger partial charge in [-0.3, -0.25) is 0 Å². The van der Waals surface area contributed by atoms with E-state index < -0.39 is 17.4 Å². The van der Waals surface area contributed by atoms with Crippen LogP contribution in [0.2, 0.25) is 6.04 Å². The lowest BCUT2D eigenvalue weighted by Gasteiger charge is -2.28. The summed E-state index contributed by atoms with van der Waals surface area (Å²) in [6, 6.07) is 1.20. The zero-order valence-corrected chi connectivity index (χ0v) is 14.6. The van der Waals surface area contributed by atoms with Gasteiger partial charge in [0.2, 0.25) is 0 Å². The van der Waals surface area contributed by atoms with E-state index in [1.165, 1.54) is 6.04 Å². The van der Waals surface area contributed by atoms with Crippen molar-refractivity contribution in [3.63, 3.8) is 0 Å². The van der Waals surface area contributed by atoms with E-state index in [2.05, 4.69) is 5.32 Å². The molecule has 0 bridgehead atoms. The Morgan fingerprint density at radius 1 is 1.00 bits per heavy atom. The van der Waals surface area contributed by atoms with Gasteiger partial charge in [0.25, 0.3) is 0 Å². The van der Waals surface area contributed by atoms with Gasteiger partial charge in [0.05, 0.1) is 0 Å². The quantitative estimate of drug-likeness (QED) is 0.371. The van der Waals surface area contributed by atoms with Crippen LogP contribution >= 0.6 is 0 Å². The summed E-state index contributed by atoms with van der Waals surface area (Å²) in [6.07, 6.45) is 1.16. The summed E-state index contributed by atoms with van der Waals surface area (Å²) >= 11 is 0. The molecular formula is C11H30N2O3Si2. The van der Waals surface area contributed by atoms with E-state index in [0.717, 1.165) is 19.5 Å². The lowest BCUT2D eigenvalue weighted by Crippen LogP contribution is -2.52. The highest BCUT2D eigenvalue weighted by Gasteiger charge is 2.38. The van der Waals surface area contributed by atoms with Crippen LogP contribution in [0.5, 0.6) is 0 Å². The fraction of sp³-hybridized carbons (Fsp3) is 1.00. The van der Waals surface area contributed by atoms with Crippen LogP contribution in [-0.2, 0) is 13.3 Å². The maximum atomic E-state index is 5.85. The van der Waals surface area contributed by atoms with Crippen molar-refractivity contribution in [2.24, 2.45) is 5.73 Å². The van der Waals surface area contributed by atoms with Gasteiger partial charge in [0, 0.05) is 32.9 Å². The van der Waals surface area contributed by atoms with Crippen LogP contribution in [0.4, 0.5) is 0 Å². The summed E-state index contributed by atoms with van der Waals surface area (Å²) < 4.78 is 17.6. The molecule has 0 aliphatic carbocycles. The third kappa shape index (κ3) is 8.36. The standard InChI is InChI=1S/C11H30N2O3Si2/c1-4-14-18(15-5-2,16-6-3)17-11-7-9-13-10-8-12/h13H,4-12,17H2,1-3H3. The summed E-state index contributed by atoms with van der Waals surface area (Å²) in [4.78, 5) is 0. The van der Waals surface area contributed by atoms with Gasteiger partial charge in [-0.05, 0) is 33.7 Å². The fourth-order valence-corrected chi connectivity index (χ4v) is 9.94. The smallest absolute Gasteiger partial charge is 0.377 e. The molecule has 0 unspecified atom stereocenters. The molecule has 18 heavy (non-hydrogen) atoms. The number of hydrogen-bond acceptors (Lipinski definition) is 5. The molecule has 5 nitrogen and oxygen atoms in total. The Morgan fingerprint density at radius 2 is 1.56 bits per heavy atom. The van der Waals surface area contributed by atoms with Crippen molar-refractivity contribution in [1.29, 1.82) is 0 Å². The molecule has 0 rings (SSSR count). The molecule has 0 heterocycles. The van der Waals surface area contributed by atoms with E-state index in [4.69, 9.17) is 19.0 Å². The molecule has 0 atom stereocenters. The average Bonchev–Trinajstić information content (AvgIpc) is 2.35. The van der Waals surface area contributed by atoms with Gasteiger partial charge in [-0.2, -0.15) is 0 Å². The Bertz CT molecular complexity index is 171. The van der Waals surface area contributed by atoms with Crippen LogP contribution < -0.4 is 11.1 Å². The SMILES string of the molecule is CCO[Si](OCC)(OCC)[SiH2]CCCNCCN. The zero-order valence-electron chi connectivity index (χ0n) is 12.2. The summed E-state index contributed by atoms with van der Waals surface area (Å²) in [5.41, 5.74) is 5.42. The number of nitrogens with two attached hydrogens (primary N) is 1. The second kappa shape index (κ2) is 12.3. The lowest BCUT2D eigenvalue weighted by molar-refractivity contribution is 0.0928. The highest BCUT2D eigenvalue weighted by atomic mass is 29.2. The molecule has 110 valence electrons. The topological polar surface area (TPSA) is 65.7 Å². The molecule has 3 N–H and O–H groups in total. The molecule has 0 saturated carbocycles. The predicted octanol–water partition coefficient (Wildman–Crippen LogP) is 0.0570. The van der Waals surface area contributed by atoms with Gasteiger partial charge in [-0.15, -0.1) is 0 Å². The third-order valence-electron chi connectivity index (χ3n) is 2.50. The highest BCUT2D eigenvalue weighted by molar-refractivity contribution is 7.14. The van der Waals surface area contributed by atoms with Crippen LogP contribution in [0.15, 0.2) is 0 Å². The van der Waals surface area contributed by atoms with Gasteiger partial charge in [0.1, 0.15) is 9.04 Å². The molecule has 0 aliphatic rings. The van der Waals surface area contributed by atoms with E-state index in [-0.39, 0.29) is 0 Å². The van der Waals surface area contributed by atoms with Crippen LogP contribution in [0, 0.1) is 0 Å². The van der Waals surface area contributed by atoms with Crippen molar-refractivity contribution in [1.82, 2.24) is 5.32 Å². The number of rotatable bonds is 13. The molecule has 0 fully saturated rings. The molecule has 0 aliphatic heterocycles. The van der Waals surface area contributed by atoms with Crippen molar-refractivity contribution < 1.29 is 13.3 Å². The first-order chi connectivity index (χ1) is 8.74. The second-order valence-electron chi connectivity index (χ2n) is 3.98. The summed E-state index contributed by atoms with van der Waals surface area (Å²) in [5, 5.41) is 3.31.